The van der Waals surface area contributed by atoms with Crippen LogP contribution in [0.25, 0.3) is 0 Å². The van der Waals surface area contributed by atoms with Gasteiger partial charge < -0.3 is 0 Å². The first kappa shape index (κ1) is 14.7. The molecule has 1 saturated heterocycles. The van der Waals surface area contributed by atoms with Gasteiger partial charge in [0.05, 0.1) is 11.0 Å². The van der Waals surface area contributed by atoms with Crippen LogP contribution in [-0.2, 0) is 6.54 Å². The second-order valence-corrected chi connectivity index (χ2v) is 5.67. The summed E-state index contributed by atoms with van der Waals surface area (Å²) in [5.74, 6) is -0.370. The molecule has 3 rings (SSSR count). The number of nitro benzene ring substituents is 1. The quantitative estimate of drug-likeness (QED) is 0.638. The van der Waals surface area contributed by atoms with Crippen molar-refractivity contribution in [3.05, 3.63) is 75.6 Å². The Labute approximate surface area is 128 Å². The Morgan fingerprint density at radius 1 is 1.23 bits per heavy atom. The molecule has 1 atom stereocenters. The maximum absolute atomic E-state index is 14.1. The van der Waals surface area contributed by atoms with E-state index in [1.807, 2.05) is 18.2 Å². The average Bonchev–Trinajstić information content (AvgIpc) is 2.96. The monoisotopic (exact) mass is 300 g/mol. The highest BCUT2D eigenvalue weighted by Gasteiger charge is 2.26. The van der Waals surface area contributed by atoms with Crippen LogP contribution in [0.1, 0.15) is 23.5 Å². The number of hydrogen-bond donors (Lipinski definition) is 0. The molecule has 1 aliphatic rings. The molecule has 1 unspecified atom stereocenters. The number of rotatable bonds is 4. The van der Waals surface area contributed by atoms with Crippen molar-refractivity contribution in [2.75, 3.05) is 13.1 Å². The molecule has 1 aliphatic heterocycles. The van der Waals surface area contributed by atoms with E-state index in [2.05, 4.69) is 17.0 Å². The number of hydrogen-bond acceptors (Lipinski definition) is 3. The highest BCUT2D eigenvalue weighted by molar-refractivity contribution is 5.36. The highest BCUT2D eigenvalue weighted by atomic mass is 19.1. The summed E-state index contributed by atoms with van der Waals surface area (Å²) in [6, 6.07) is 14.2. The van der Waals surface area contributed by atoms with Gasteiger partial charge in [0, 0.05) is 25.1 Å². The summed E-state index contributed by atoms with van der Waals surface area (Å²) in [5, 5.41) is 10.7. The van der Waals surface area contributed by atoms with Crippen molar-refractivity contribution in [3.8, 4) is 0 Å². The van der Waals surface area contributed by atoms with Crippen LogP contribution in [0.3, 0.4) is 0 Å². The molecule has 0 N–H and O–H groups in total. The number of halogens is 1. The summed E-state index contributed by atoms with van der Waals surface area (Å²) in [6.45, 7) is 2.55. The Kier molecular flexibility index (Phi) is 4.15. The van der Waals surface area contributed by atoms with Gasteiger partial charge in [0.1, 0.15) is 5.82 Å². The SMILES string of the molecule is O=[N+]([O-])c1ccc(C2CCN(Cc3ccccc3)C2)c(F)c1. The molecule has 22 heavy (non-hydrogen) atoms. The Morgan fingerprint density at radius 3 is 2.68 bits per heavy atom. The molecule has 0 aliphatic carbocycles. The van der Waals surface area contributed by atoms with E-state index in [4.69, 9.17) is 0 Å². The fraction of sp³-hybridized carbons (Fsp3) is 0.294. The number of nitrogens with zero attached hydrogens (tertiary/aromatic N) is 2. The molecule has 0 saturated carbocycles. The van der Waals surface area contributed by atoms with E-state index in [1.54, 1.807) is 6.07 Å². The van der Waals surface area contributed by atoms with Gasteiger partial charge in [-0.2, -0.15) is 0 Å². The van der Waals surface area contributed by atoms with Crippen LogP contribution >= 0.6 is 0 Å². The van der Waals surface area contributed by atoms with E-state index in [-0.39, 0.29) is 11.6 Å². The maximum atomic E-state index is 14.1. The second kappa shape index (κ2) is 6.23. The standard InChI is InChI=1S/C17H17FN2O2/c18-17-10-15(20(21)22)6-7-16(17)14-8-9-19(12-14)11-13-4-2-1-3-5-13/h1-7,10,14H,8-9,11-12H2. The van der Waals surface area contributed by atoms with E-state index >= 15 is 0 Å². The summed E-state index contributed by atoms with van der Waals surface area (Å²) >= 11 is 0. The lowest BCUT2D eigenvalue weighted by Gasteiger charge is -2.16. The molecule has 4 nitrogen and oxygen atoms in total. The molecule has 2 aromatic carbocycles. The second-order valence-electron chi connectivity index (χ2n) is 5.67. The molecule has 5 heteroatoms. The van der Waals surface area contributed by atoms with Crippen molar-refractivity contribution >= 4 is 5.69 Å². The predicted molar refractivity (Wildman–Crippen MR) is 82.1 cm³/mol. The summed E-state index contributed by atoms with van der Waals surface area (Å²) in [7, 11) is 0. The van der Waals surface area contributed by atoms with Crippen molar-refractivity contribution in [1.82, 2.24) is 4.90 Å². The smallest absolute Gasteiger partial charge is 0.272 e. The first-order valence-electron chi connectivity index (χ1n) is 7.33. The number of benzene rings is 2. The first-order valence-corrected chi connectivity index (χ1v) is 7.33. The van der Waals surface area contributed by atoms with Gasteiger partial charge in [-0.25, -0.2) is 4.39 Å². The van der Waals surface area contributed by atoms with E-state index in [0.717, 1.165) is 32.1 Å². The van der Waals surface area contributed by atoms with Gasteiger partial charge in [0.25, 0.3) is 5.69 Å². The Morgan fingerprint density at radius 2 is 2.00 bits per heavy atom. The third-order valence-corrected chi connectivity index (χ3v) is 4.16. The zero-order valence-electron chi connectivity index (χ0n) is 12.1. The molecule has 0 spiro atoms. The normalized spacial score (nSPS) is 18.5. The van der Waals surface area contributed by atoms with Crippen LogP contribution in [0.2, 0.25) is 0 Å². The third-order valence-electron chi connectivity index (χ3n) is 4.16. The van der Waals surface area contributed by atoms with Gasteiger partial charge in [-0.05, 0) is 30.2 Å². The van der Waals surface area contributed by atoms with Gasteiger partial charge in [-0.3, -0.25) is 15.0 Å². The number of non-ortho nitro benzene ring substituents is 1. The van der Waals surface area contributed by atoms with Gasteiger partial charge in [-0.15, -0.1) is 0 Å². The van der Waals surface area contributed by atoms with Gasteiger partial charge >= 0.3 is 0 Å². The van der Waals surface area contributed by atoms with E-state index in [9.17, 15) is 14.5 Å². The van der Waals surface area contributed by atoms with Crippen molar-refractivity contribution in [3.63, 3.8) is 0 Å². The molecular formula is C17H17FN2O2. The van der Waals surface area contributed by atoms with Crippen LogP contribution in [-0.4, -0.2) is 22.9 Å². The fourth-order valence-corrected chi connectivity index (χ4v) is 3.03. The Hall–Kier alpha value is -2.27. The van der Waals surface area contributed by atoms with Crippen LogP contribution < -0.4 is 0 Å². The minimum Gasteiger partial charge on any atom is -0.298 e. The molecule has 0 amide bonds. The average molecular weight is 300 g/mol. The topological polar surface area (TPSA) is 46.4 Å². The van der Waals surface area contributed by atoms with Gasteiger partial charge in [0.15, 0.2) is 0 Å². The molecule has 0 bridgehead atoms. The molecule has 2 aromatic rings. The van der Waals surface area contributed by atoms with E-state index in [0.29, 0.717) is 5.56 Å². The Bertz CT molecular complexity index is 676. The van der Waals surface area contributed by atoms with Crippen molar-refractivity contribution in [2.24, 2.45) is 0 Å². The highest BCUT2D eigenvalue weighted by Crippen LogP contribution is 2.31. The number of nitro groups is 1. The molecule has 114 valence electrons. The molecule has 1 heterocycles. The lowest BCUT2D eigenvalue weighted by Crippen LogP contribution is -2.19. The van der Waals surface area contributed by atoms with Crippen LogP contribution in [0.4, 0.5) is 10.1 Å². The zero-order chi connectivity index (χ0) is 15.5. The summed E-state index contributed by atoms with van der Waals surface area (Å²) in [4.78, 5) is 12.4. The van der Waals surface area contributed by atoms with Crippen LogP contribution in [0.15, 0.2) is 48.5 Å². The van der Waals surface area contributed by atoms with E-state index < -0.39 is 10.7 Å². The minimum absolute atomic E-state index is 0.101. The summed E-state index contributed by atoms with van der Waals surface area (Å²) < 4.78 is 14.1. The Balaban J connectivity index is 1.69. The molecule has 0 radical (unpaired) electrons. The fourth-order valence-electron chi connectivity index (χ4n) is 3.03. The summed E-state index contributed by atoms with van der Waals surface area (Å²) in [5.41, 5.74) is 1.63. The minimum atomic E-state index is -0.566. The lowest BCUT2D eigenvalue weighted by molar-refractivity contribution is -0.385. The molecule has 0 aromatic heterocycles. The van der Waals surface area contributed by atoms with E-state index in [1.165, 1.54) is 11.6 Å². The molecular weight excluding hydrogens is 283 g/mol. The van der Waals surface area contributed by atoms with Crippen molar-refractivity contribution in [1.29, 1.82) is 0 Å². The van der Waals surface area contributed by atoms with Crippen molar-refractivity contribution < 1.29 is 9.31 Å². The lowest BCUT2D eigenvalue weighted by atomic mass is 9.97. The molecule has 1 fully saturated rings. The first-order chi connectivity index (χ1) is 10.6. The van der Waals surface area contributed by atoms with Gasteiger partial charge in [0.2, 0.25) is 0 Å². The third kappa shape index (κ3) is 3.14. The van der Waals surface area contributed by atoms with Crippen LogP contribution in [0, 0.1) is 15.9 Å². The van der Waals surface area contributed by atoms with Crippen LogP contribution in [0.5, 0.6) is 0 Å². The van der Waals surface area contributed by atoms with Gasteiger partial charge in [-0.1, -0.05) is 30.3 Å². The summed E-state index contributed by atoms with van der Waals surface area (Å²) in [6.07, 6.45) is 0.877. The predicted octanol–water partition coefficient (Wildman–Crippen LogP) is 3.72. The van der Waals surface area contributed by atoms with Crippen molar-refractivity contribution in [2.45, 2.75) is 18.9 Å². The zero-order valence-corrected chi connectivity index (χ0v) is 12.1. The number of likely N-dealkylation sites (tertiary alicyclic amines) is 1. The maximum Gasteiger partial charge on any atom is 0.272 e. The largest absolute Gasteiger partial charge is 0.298 e.